The molecule has 0 heterocycles. The van der Waals surface area contributed by atoms with E-state index >= 15 is 0 Å². The van der Waals surface area contributed by atoms with Crippen LogP contribution >= 0.6 is 0 Å². The number of hydrogen-bond acceptors (Lipinski definition) is 4. The van der Waals surface area contributed by atoms with Crippen LogP contribution in [0.15, 0.2) is 18.2 Å². The molecule has 18 heavy (non-hydrogen) atoms. The Labute approximate surface area is 109 Å². The Balaban J connectivity index is 2.73. The van der Waals surface area contributed by atoms with E-state index in [2.05, 4.69) is 5.32 Å². The number of rotatable bonds is 6. The van der Waals surface area contributed by atoms with Gasteiger partial charge in [0.2, 0.25) is 5.91 Å². The Kier molecular flexibility index (Phi) is 5.15. The molecular weight excluding hydrogens is 250 g/mol. The van der Waals surface area contributed by atoms with Gasteiger partial charge in [-0.2, -0.15) is 0 Å². The molecule has 1 aromatic carbocycles. The second-order valence-electron chi connectivity index (χ2n) is 4.28. The second-order valence-corrected chi connectivity index (χ2v) is 5.83. The van der Waals surface area contributed by atoms with E-state index < -0.39 is 16.7 Å². The highest BCUT2D eigenvalue weighted by Gasteiger charge is 2.08. The van der Waals surface area contributed by atoms with Gasteiger partial charge in [0.05, 0.1) is 11.4 Å². The molecule has 1 rings (SSSR count). The zero-order chi connectivity index (χ0) is 13.7. The molecule has 5 nitrogen and oxygen atoms in total. The molecule has 0 spiro atoms. The lowest BCUT2D eigenvalue weighted by atomic mass is 10.1. The molecule has 0 fully saturated rings. The number of amides is 1. The van der Waals surface area contributed by atoms with Crippen LogP contribution in [0.2, 0.25) is 0 Å². The lowest BCUT2D eigenvalue weighted by molar-refractivity contribution is 0.100. The summed E-state index contributed by atoms with van der Waals surface area (Å²) in [6.07, 6.45) is 2.44. The quantitative estimate of drug-likeness (QED) is 0.669. The van der Waals surface area contributed by atoms with Crippen LogP contribution in [0.1, 0.15) is 23.7 Å². The van der Waals surface area contributed by atoms with Crippen LogP contribution in [-0.2, 0) is 10.8 Å². The molecule has 0 aliphatic heterocycles. The number of nitrogen functional groups attached to an aromatic ring is 1. The third kappa shape index (κ3) is 4.37. The second kappa shape index (κ2) is 6.39. The van der Waals surface area contributed by atoms with Gasteiger partial charge in [0.25, 0.3) is 0 Å². The van der Waals surface area contributed by atoms with Gasteiger partial charge in [0.15, 0.2) is 0 Å². The number of anilines is 2. The fourth-order valence-corrected chi connectivity index (χ4v) is 2.20. The molecule has 0 bridgehead atoms. The summed E-state index contributed by atoms with van der Waals surface area (Å²) in [5.74, 6) is 0.143. The summed E-state index contributed by atoms with van der Waals surface area (Å²) >= 11 is 0. The van der Waals surface area contributed by atoms with Crippen LogP contribution in [0.4, 0.5) is 11.4 Å². The van der Waals surface area contributed by atoms with Crippen LogP contribution in [0.5, 0.6) is 0 Å². The van der Waals surface area contributed by atoms with Gasteiger partial charge in [-0.1, -0.05) is 0 Å². The number of carbonyl (C=O) groups is 1. The number of nitrogens with one attached hydrogen (secondary N) is 1. The molecule has 6 heteroatoms. The molecule has 2 atom stereocenters. The van der Waals surface area contributed by atoms with E-state index in [0.29, 0.717) is 22.7 Å². The van der Waals surface area contributed by atoms with Crippen molar-refractivity contribution in [2.75, 3.05) is 23.1 Å². The van der Waals surface area contributed by atoms with E-state index in [1.54, 1.807) is 24.5 Å². The van der Waals surface area contributed by atoms with Crippen molar-refractivity contribution in [2.24, 2.45) is 5.73 Å². The van der Waals surface area contributed by atoms with Gasteiger partial charge in [-0.25, -0.2) is 0 Å². The summed E-state index contributed by atoms with van der Waals surface area (Å²) in [4.78, 5) is 11.1. The first-order valence-corrected chi connectivity index (χ1v) is 7.38. The van der Waals surface area contributed by atoms with Gasteiger partial charge in [0, 0.05) is 34.4 Å². The highest BCUT2D eigenvalue weighted by Crippen LogP contribution is 2.21. The Hall–Kier alpha value is -1.56. The molecule has 0 saturated heterocycles. The molecule has 0 aliphatic rings. The van der Waals surface area contributed by atoms with Crippen LogP contribution < -0.4 is 16.8 Å². The first kappa shape index (κ1) is 14.5. The van der Waals surface area contributed by atoms with Gasteiger partial charge in [0.1, 0.15) is 0 Å². The average Bonchev–Trinajstić information content (AvgIpc) is 2.29. The molecule has 100 valence electrons. The zero-order valence-corrected chi connectivity index (χ0v) is 11.4. The van der Waals surface area contributed by atoms with Crippen molar-refractivity contribution in [3.8, 4) is 0 Å². The van der Waals surface area contributed by atoms with Crippen molar-refractivity contribution < 1.29 is 9.00 Å². The van der Waals surface area contributed by atoms with Gasteiger partial charge in [-0.05, 0) is 31.5 Å². The minimum atomic E-state index is -0.807. The van der Waals surface area contributed by atoms with Crippen molar-refractivity contribution in [2.45, 2.75) is 19.4 Å². The average molecular weight is 269 g/mol. The number of nitrogens with two attached hydrogens (primary N) is 2. The minimum Gasteiger partial charge on any atom is -0.397 e. The monoisotopic (exact) mass is 269 g/mol. The molecule has 0 radical (unpaired) electrons. The van der Waals surface area contributed by atoms with Crippen LogP contribution in [-0.4, -0.2) is 28.2 Å². The van der Waals surface area contributed by atoms with E-state index in [4.69, 9.17) is 11.5 Å². The van der Waals surface area contributed by atoms with Gasteiger partial charge in [-0.15, -0.1) is 0 Å². The van der Waals surface area contributed by atoms with Crippen LogP contribution in [0, 0.1) is 0 Å². The van der Waals surface area contributed by atoms with E-state index in [1.807, 2.05) is 6.92 Å². The fraction of sp³-hybridized carbons (Fsp3) is 0.417. The van der Waals surface area contributed by atoms with E-state index in [1.165, 1.54) is 0 Å². The maximum absolute atomic E-state index is 11.1. The first-order chi connectivity index (χ1) is 8.40. The van der Waals surface area contributed by atoms with Crippen molar-refractivity contribution in [1.29, 1.82) is 0 Å². The molecule has 0 aliphatic carbocycles. The summed E-state index contributed by atoms with van der Waals surface area (Å²) in [5.41, 5.74) is 12.7. The molecule has 2 unspecified atom stereocenters. The highest BCUT2D eigenvalue weighted by molar-refractivity contribution is 7.84. The topological polar surface area (TPSA) is 98.2 Å². The molecule has 5 N–H and O–H groups in total. The van der Waals surface area contributed by atoms with E-state index in [0.717, 1.165) is 6.42 Å². The summed E-state index contributed by atoms with van der Waals surface area (Å²) in [7, 11) is -0.807. The summed E-state index contributed by atoms with van der Waals surface area (Å²) < 4.78 is 11.0. The number of carbonyl (C=O) groups excluding carboxylic acids is 1. The number of hydrogen-bond donors (Lipinski definition) is 3. The van der Waals surface area contributed by atoms with Crippen molar-refractivity contribution in [3.63, 3.8) is 0 Å². The van der Waals surface area contributed by atoms with Gasteiger partial charge < -0.3 is 16.8 Å². The summed E-state index contributed by atoms with van der Waals surface area (Å²) in [6.45, 7) is 1.98. The molecule has 1 amide bonds. The maximum Gasteiger partial charge on any atom is 0.248 e. The predicted molar refractivity (Wildman–Crippen MR) is 76.0 cm³/mol. The largest absolute Gasteiger partial charge is 0.397 e. The van der Waals surface area contributed by atoms with Crippen LogP contribution in [0.25, 0.3) is 0 Å². The Morgan fingerprint density at radius 3 is 2.72 bits per heavy atom. The maximum atomic E-state index is 11.1. The normalized spacial score (nSPS) is 13.9. The van der Waals surface area contributed by atoms with Crippen molar-refractivity contribution in [1.82, 2.24) is 0 Å². The Bertz CT molecular complexity index is 463. The standard InChI is InChI=1S/C12H19N3O2S/c1-8(5-6-18(2)17)15-11-7-9(12(14)16)3-4-10(11)13/h3-4,7-8,15H,5-6,13H2,1-2H3,(H2,14,16). The number of benzene rings is 1. The van der Waals surface area contributed by atoms with E-state index in [9.17, 15) is 9.00 Å². The number of primary amides is 1. The van der Waals surface area contributed by atoms with Crippen molar-refractivity contribution in [3.05, 3.63) is 23.8 Å². The lowest BCUT2D eigenvalue weighted by Gasteiger charge is -2.16. The Morgan fingerprint density at radius 2 is 2.17 bits per heavy atom. The van der Waals surface area contributed by atoms with Crippen LogP contribution in [0.3, 0.4) is 0 Å². The molecule has 1 aromatic rings. The predicted octanol–water partition coefficient (Wildman–Crippen LogP) is 0.937. The summed E-state index contributed by atoms with van der Waals surface area (Å²) in [5, 5.41) is 3.19. The molecular formula is C12H19N3O2S. The zero-order valence-electron chi connectivity index (χ0n) is 10.6. The van der Waals surface area contributed by atoms with Crippen molar-refractivity contribution >= 4 is 28.1 Å². The minimum absolute atomic E-state index is 0.124. The highest BCUT2D eigenvalue weighted by atomic mass is 32.2. The SMILES string of the molecule is CC(CCS(C)=O)Nc1cc(C(N)=O)ccc1N. The van der Waals surface area contributed by atoms with E-state index in [-0.39, 0.29) is 6.04 Å². The third-order valence-corrected chi connectivity index (χ3v) is 3.39. The Morgan fingerprint density at radius 1 is 1.50 bits per heavy atom. The lowest BCUT2D eigenvalue weighted by Crippen LogP contribution is -2.19. The van der Waals surface area contributed by atoms with Gasteiger partial charge in [-0.3, -0.25) is 9.00 Å². The smallest absolute Gasteiger partial charge is 0.248 e. The summed E-state index contributed by atoms with van der Waals surface area (Å²) in [6, 6.07) is 5.00. The molecule has 0 aromatic heterocycles. The molecule has 0 saturated carbocycles. The fourth-order valence-electron chi connectivity index (χ4n) is 1.51. The first-order valence-electron chi connectivity index (χ1n) is 5.66. The third-order valence-electron chi connectivity index (χ3n) is 2.58. The van der Waals surface area contributed by atoms with Gasteiger partial charge >= 0.3 is 0 Å².